The zero-order valence-corrected chi connectivity index (χ0v) is 58.4. The Labute approximate surface area is 594 Å². The number of hydrogen-bond donors (Lipinski definition) is 9. The van der Waals surface area contributed by atoms with Crippen LogP contribution < -0.4 is 30.3 Å². The number of carboxylic acids is 2. The summed E-state index contributed by atoms with van der Waals surface area (Å²) in [6, 6.07) is 19.2. The highest BCUT2D eigenvalue weighted by Gasteiger charge is 2.66. The van der Waals surface area contributed by atoms with Gasteiger partial charge >= 0.3 is 18.0 Å². The maximum Gasteiger partial charge on any atom is 0.409 e. The van der Waals surface area contributed by atoms with Gasteiger partial charge in [0.05, 0.1) is 35.2 Å². The summed E-state index contributed by atoms with van der Waals surface area (Å²) in [4.78, 5) is 116. The molecule has 103 heavy (non-hydrogen) atoms. The van der Waals surface area contributed by atoms with E-state index in [1.165, 1.54) is 34.4 Å². The lowest BCUT2D eigenvalue weighted by Crippen LogP contribution is -2.64. The number of fused-ring (bicyclic) bond motifs is 2. The van der Waals surface area contributed by atoms with Gasteiger partial charge in [-0.05, 0) is 128 Å². The van der Waals surface area contributed by atoms with Crippen molar-refractivity contribution in [2.75, 3.05) is 62.4 Å². The smallest absolute Gasteiger partial charge is 0.409 e. The maximum absolute atomic E-state index is 13.8. The van der Waals surface area contributed by atoms with Crippen LogP contribution in [0.25, 0.3) is 21.3 Å². The van der Waals surface area contributed by atoms with Gasteiger partial charge in [0.1, 0.15) is 54.0 Å². The number of aliphatic hydroxyl groups is 3. The number of benzene rings is 3. The SMILES string of the molecule is Cc1c(-c2ccc(N3CCc4cccc(C(=O)Nc5nc6ccccc6s5)c4C3)nc2C(=O)O)cnn1CC12CC3(C)CC(C)(C1)CC(OCCN(C)C(=O)OCc1ccc(OC4O[C@H](C(=O)O)[C@@H](O)[C@H](O)[C@H]4O)cc1OCCCNC(=O)[C@H](CS(=O)(=O)O)NC(=O)CCN1C(=O)C=CC1=O)(C3)C2. The number of hydrogen-bond acceptors (Lipinski definition) is 23. The van der Waals surface area contributed by atoms with Crippen LogP contribution in [-0.2, 0) is 74.4 Å². The average Bonchev–Trinajstić information content (AvgIpc) is 0.902. The molecule has 4 bridgehead atoms. The number of thiazole rings is 1. The molecule has 0 spiro atoms. The number of carboxylic acid groups (broad SMARTS) is 2. The van der Waals surface area contributed by atoms with Crippen LogP contribution in [0.1, 0.15) is 108 Å². The van der Waals surface area contributed by atoms with Gasteiger partial charge in [0.2, 0.25) is 18.1 Å². The number of imide groups is 1. The molecule has 33 heteroatoms. The summed E-state index contributed by atoms with van der Waals surface area (Å²) in [6.07, 6.45) is -1.38. The molecule has 6 amide bonds. The Morgan fingerprint density at radius 2 is 1.61 bits per heavy atom. The predicted octanol–water partition coefficient (Wildman–Crippen LogP) is 4.62. The lowest BCUT2D eigenvalue weighted by atomic mass is 9.39. The van der Waals surface area contributed by atoms with Gasteiger partial charge in [-0.25, -0.2) is 24.4 Å². The fourth-order valence-corrected chi connectivity index (χ4v) is 17.9. The molecule has 4 aliphatic carbocycles. The number of para-hydroxylation sites is 1. The number of pyridine rings is 1. The Balaban J connectivity index is 0.673. The van der Waals surface area contributed by atoms with E-state index < -0.39 is 106 Å². The summed E-state index contributed by atoms with van der Waals surface area (Å²) in [5.41, 5.74) is 4.19. The second kappa shape index (κ2) is 29.3. The number of carbonyl (C=O) groups is 8. The van der Waals surface area contributed by atoms with Gasteiger partial charge in [0, 0.05) is 98.9 Å². The van der Waals surface area contributed by atoms with E-state index in [-0.39, 0.29) is 90.8 Å². The molecule has 9 N–H and O–H groups in total. The summed E-state index contributed by atoms with van der Waals surface area (Å²) in [6.45, 7) is 7.15. The summed E-state index contributed by atoms with van der Waals surface area (Å²) >= 11 is 1.39. The van der Waals surface area contributed by atoms with Crippen LogP contribution in [0.5, 0.6) is 11.5 Å². The number of amides is 6. The quantitative estimate of drug-likeness (QED) is 0.0184. The number of aromatic nitrogens is 4. The predicted molar refractivity (Wildman–Crippen MR) is 367 cm³/mol. The number of carbonyl (C=O) groups excluding carboxylic acids is 6. The molecule has 3 aromatic carbocycles. The molecule has 3 aliphatic heterocycles. The third-order valence-corrected chi connectivity index (χ3v) is 21.6. The van der Waals surface area contributed by atoms with Crippen LogP contribution in [0.4, 0.5) is 15.7 Å². The van der Waals surface area contributed by atoms with Crippen molar-refractivity contribution in [3.8, 4) is 22.6 Å². The maximum atomic E-state index is 13.8. The van der Waals surface area contributed by atoms with Gasteiger partial charge in [-0.15, -0.1) is 0 Å². The third-order valence-electron chi connectivity index (χ3n) is 19.9. The number of likely N-dealkylation sites (N-methyl/N-ethyl adjacent to an activating group) is 1. The molecule has 13 rings (SSSR count). The molecular weight excluding hydrogens is 1380 g/mol. The molecule has 6 aromatic rings. The standard InChI is InChI=1S/C70H80N10O21S2/c1-39-45(43-15-16-51(75-55(43)62(89)90)78-22-19-40-9-7-10-44(46(40)29-78)60(87)76-65-74-47-11-5-6-12-50(47)102-65)28-72-80(39)38-69-33-67(2)32-68(3,34-69)36-70(35-67,37-69)99-26-24-77(4)66(93)98-30-41-13-14-42(100-64-58(86)56(84)57(85)59(101-64)63(91)92)27-49(41)97-25-8-21-71-61(88)48(31-103(94,95)96)73-52(81)20-23-79-53(82)17-18-54(79)83/h5-7,9-18,27-28,48,56-59,64,84-86H,8,19-26,29-38H2,1-4H3,(H,71,88)(H,73,81)(H,89,90)(H,91,92)(H,74,76,87)(H,94,95,96)/t48-,56-,57-,58+,59-,64?,67?,68?,69?,70?/m0/s1. The van der Waals surface area contributed by atoms with Crippen molar-refractivity contribution in [3.05, 3.63) is 125 Å². The summed E-state index contributed by atoms with van der Waals surface area (Å²) < 4.78 is 66.1. The van der Waals surface area contributed by atoms with Crippen LogP contribution >= 0.6 is 11.3 Å². The number of aliphatic hydroxyl groups excluding tert-OH is 3. The normalized spacial score (nSPS) is 25.1. The zero-order chi connectivity index (χ0) is 73.5. The number of aromatic carboxylic acids is 1. The highest BCUT2D eigenvalue weighted by molar-refractivity contribution is 7.85. The molecule has 5 fully saturated rings. The van der Waals surface area contributed by atoms with Gasteiger partial charge in [0.15, 0.2) is 16.9 Å². The molecule has 4 saturated carbocycles. The molecule has 3 aromatic heterocycles. The van der Waals surface area contributed by atoms with E-state index in [1.807, 2.05) is 59.0 Å². The lowest BCUT2D eigenvalue weighted by molar-refractivity contribution is -0.271. The van der Waals surface area contributed by atoms with Crippen molar-refractivity contribution in [1.29, 1.82) is 0 Å². The Hall–Kier alpha value is -9.48. The summed E-state index contributed by atoms with van der Waals surface area (Å²) in [5, 5.41) is 64.8. The Morgan fingerprint density at radius 1 is 0.864 bits per heavy atom. The van der Waals surface area contributed by atoms with Crippen molar-refractivity contribution < 1.29 is 101 Å². The van der Waals surface area contributed by atoms with Crippen LogP contribution in [0.3, 0.4) is 0 Å². The number of nitrogens with zero attached hydrogens (tertiary/aromatic N) is 7. The molecule has 0 radical (unpaired) electrons. The number of ether oxygens (including phenoxy) is 5. The molecular formula is C70H80N10O21S2. The minimum atomic E-state index is -4.83. The topological polar surface area (TPSA) is 428 Å². The van der Waals surface area contributed by atoms with Gasteiger partial charge in [-0.2, -0.15) is 13.5 Å². The van der Waals surface area contributed by atoms with Crippen molar-refractivity contribution in [2.24, 2.45) is 16.2 Å². The fourth-order valence-electron chi connectivity index (χ4n) is 16.4. The molecule has 1 saturated heterocycles. The summed E-state index contributed by atoms with van der Waals surface area (Å²) in [7, 11) is -3.27. The molecule has 3 unspecified atom stereocenters. The van der Waals surface area contributed by atoms with Crippen LogP contribution in [0.2, 0.25) is 0 Å². The number of anilines is 2. The van der Waals surface area contributed by atoms with E-state index in [4.69, 9.17) is 33.8 Å². The first-order valence-electron chi connectivity index (χ1n) is 33.6. The molecule has 6 heterocycles. The van der Waals surface area contributed by atoms with Gasteiger partial charge in [-0.3, -0.25) is 43.4 Å². The van der Waals surface area contributed by atoms with Gasteiger partial charge < -0.3 is 69.7 Å². The second-order valence-corrected chi connectivity index (χ2v) is 30.8. The zero-order valence-electron chi connectivity index (χ0n) is 56.8. The highest BCUT2D eigenvalue weighted by atomic mass is 32.2. The fraction of sp³-hybridized carbons (Fsp3) is 0.471. The van der Waals surface area contributed by atoms with Crippen LogP contribution in [-0.4, -0.2) is 210 Å². The van der Waals surface area contributed by atoms with Crippen LogP contribution in [0.15, 0.2) is 91.1 Å². The second-order valence-electron chi connectivity index (χ2n) is 28.3. The van der Waals surface area contributed by atoms with E-state index in [2.05, 4.69) is 34.8 Å². The first-order chi connectivity index (χ1) is 48.9. The van der Waals surface area contributed by atoms with E-state index >= 15 is 0 Å². The van der Waals surface area contributed by atoms with Crippen molar-refractivity contribution in [3.63, 3.8) is 0 Å². The first-order valence-corrected chi connectivity index (χ1v) is 36.0. The first kappa shape index (κ1) is 73.3. The van der Waals surface area contributed by atoms with Gasteiger partial charge in [-0.1, -0.05) is 49.4 Å². The van der Waals surface area contributed by atoms with E-state index in [0.29, 0.717) is 53.7 Å². The molecule has 31 nitrogen and oxygen atoms in total. The van der Waals surface area contributed by atoms with Crippen LogP contribution in [0, 0.1) is 23.2 Å². The Bertz CT molecular complexity index is 4420. The van der Waals surface area contributed by atoms with E-state index in [9.17, 15) is 76.9 Å². The monoisotopic (exact) mass is 1460 g/mol. The van der Waals surface area contributed by atoms with Crippen molar-refractivity contribution in [2.45, 2.75) is 141 Å². The Kier molecular flexibility index (Phi) is 20.9. The molecule has 8 atom stereocenters. The summed E-state index contributed by atoms with van der Waals surface area (Å²) in [5.74, 6) is -7.20. The largest absolute Gasteiger partial charge is 0.493 e. The third kappa shape index (κ3) is 16.3. The minimum Gasteiger partial charge on any atom is -0.493 e. The minimum absolute atomic E-state index is 0.0114. The van der Waals surface area contributed by atoms with Gasteiger partial charge in [0.25, 0.3) is 27.8 Å². The average molecular weight is 1460 g/mol. The highest BCUT2D eigenvalue weighted by Crippen LogP contribution is 2.72. The van der Waals surface area contributed by atoms with E-state index in [1.54, 1.807) is 25.4 Å². The number of aliphatic carboxylic acids is 1. The Morgan fingerprint density at radius 3 is 2.33 bits per heavy atom. The number of nitrogens with one attached hydrogen (secondary N) is 3. The number of rotatable bonds is 28. The van der Waals surface area contributed by atoms with E-state index in [0.717, 1.165) is 82.6 Å². The van der Waals surface area contributed by atoms with Crippen molar-refractivity contribution in [1.82, 2.24) is 40.2 Å². The van der Waals surface area contributed by atoms with Crippen molar-refractivity contribution >= 4 is 90.2 Å². The molecule has 548 valence electrons. The molecule has 7 aliphatic rings. The lowest BCUT2D eigenvalue weighted by Gasteiger charge is -2.69.